The number of aryl methyl sites for hydroxylation is 2. The molecule has 0 saturated carbocycles. The van der Waals surface area contributed by atoms with E-state index < -0.39 is 0 Å². The van der Waals surface area contributed by atoms with Crippen LogP contribution in [0.25, 0.3) is 0 Å². The van der Waals surface area contributed by atoms with Crippen molar-refractivity contribution in [3.05, 3.63) is 45.5 Å². The molecule has 116 valence electrons. The summed E-state index contributed by atoms with van der Waals surface area (Å²) >= 11 is 1.64. The van der Waals surface area contributed by atoms with Crippen molar-refractivity contribution in [2.24, 2.45) is 0 Å². The van der Waals surface area contributed by atoms with Gasteiger partial charge in [0.2, 0.25) is 0 Å². The second-order valence-electron chi connectivity index (χ2n) is 5.42. The van der Waals surface area contributed by atoms with Gasteiger partial charge < -0.3 is 14.2 Å². The first-order valence-electron chi connectivity index (χ1n) is 7.24. The van der Waals surface area contributed by atoms with Crippen LogP contribution in [0.15, 0.2) is 29.1 Å². The summed E-state index contributed by atoms with van der Waals surface area (Å²) in [5.41, 5.74) is 1.35. The van der Waals surface area contributed by atoms with E-state index in [1.807, 2.05) is 24.8 Å². The average molecular weight is 318 g/mol. The molecule has 3 heterocycles. The number of carbonyl (C=O) groups excluding carboxylic acids is 2. The fraction of sp³-hybridized carbons (Fsp3) is 0.375. The van der Waals surface area contributed by atoms with Crippen LogP contribution in [0.2, 0.25) is 0 Å². The Balaban J connectivity index is 1.63. The topological polar surface area (TPSA) is 53.8 Å². The number of piperazine rings is 1. The highest BCUT2D eigenvalue weighted by Gasteiger charge is 2.27. The largest absolute Gasteiger partial charge is 0.472 e. The molecule has 0 N–H and O–H groups in total. The Morgan fingerprint density at radius 2 is 1.73 bits per heavy atom. The van der Waals surface area contributed by atoms with Gasteiger partial charge in [-0.05, 0) is 26.0 Å². The Kier molecular flexibility index (Phi) is 4.02. The zero-order valence-electron chi connectivity index (χ0n) is 12.7. The van der Waals surface area contributed by atoms with E-state index in [1.54, 1.807) is 22.3 Å². The predicted molar refractivity (Wildman–Crippen MR) is 84.3 cm³/mol. The normalized spacial score (nSPS) is 15.2. The van der Waals surface area contributed by atoms with E-state index in [1.165, 1.54) is 12.5 Å². The van der Waals surface area contributed by atoms with E-state index in [-0.39, 0.29) is 11.8 Å². The van der Waals surface area contributed by atoms with Crippen LogP contribution in [-0.4, -0.2) is 47.8 Å². The highest BCUT2D eigenvalue weighted by molar-refractivity contribution is 7.12. The minimum atomic E-state index is -0.0385. The number of nitrogens with zero attached hydrogens (tertiary/aromatic N) is 2. The number of amides is 2. The summed E-state index contributed by atoms with van der Waals surface area (Å²) in [5.74, 6) is 0.0284. The van der Waals surface area contributed by atoms with E-state index >= 15 is 0 Å². The fourth-order valence-electron chi connectivity index (χ4n) is 2.69. The molecule has 0 atom stereocenters. The molecule has 3 rings (SSSR count). The number of hydrogen-bond acceptors (Lipinski definition) is 4. The first kappa shape index (κ1) is 14.8. The lowest BCUT2D eigenvalue weighted by Crippen LogP contribution is -2.50. The Morgan fingerprint density at radius 1 is 1.09 bits per heavy atom. The van der Waals surface area contributed by atoms with Crippen molar-refractivity contribution < 1.29 is 14.0 Å². The molecule has 0 aliphatic carbocycles. The summed E-state index contributed by atoms with van der Waals surface area (Å²) in [6.45, 7) is 6.23. The van der Waals surface area contributed by atoms with Gasteiger partial charge in [0, 0.05) is 35.9 Å². The van der Waals surface area contributed by atoms with Gasteiger partial charge in [-0.3, -0.25) is 9.59 Å². The molecular formula is C16H18N2O3S. The predicted octanol–water partition coefficient (Wildman–Crippen LogP) is 2.56. The molecule has 0 aromatic carbocycles. The number of rotatable bonds is 2. The standard InChI is InChI=1S/C16H18N2O3S/c1-11-9-14(12(2)22-11)16(20)18-6-4-17(5-7-18)15(19)13-3-8-21-10-13/h3,8-10H,4-7H2,1-2H3. The van der Waals surface area contributed by atoms with Gasteiger partial charge in [0.1, 0.15) is 6.26 Å². The lowest BCUT2D eigenvalue weighted by molar-refractivity contribution is 0.0535. The van der Waals surface area contributed by atoms with E-state index in [0.29, 0.717) is 31.7 Å². The highest BCUT2D eigenvalue weighted by atomic mass is 32.1. The second kappa shape index (κ2) is 5.96. The van der Waals surface area contributed by atoms with Gasteiger partial charge in [-0.2, -0.15) is 0 Å². The zero-order chi connectivity index (χ0) is 15.7. The van der Waals surface area contributed by atoms with E-state index in [4.69, 9.17) is 4.42 Å². The molecule has 22 heavy (non-hydrogen) atoms. The third-order valence-electron chi connectivity index (χ3n) is 3.89. The third kappa shape index (κ3) is 2.78. The van der Waals surface area contributed by atoms with Gasteiger partial charge in [-0.25, -0.2) is 0 Å². The van der Waals surface area contributed by atoms with Crippen molar-refractivity contribution in [2.75, 3.05) is 26.2 Å². The van der Waals surface area contributed by atoms with Gasteiger partial charge in [0.25, 0.3) is 11.8 Å². The maximum Gasteiger partial charge on any atom is 0.257 e. The minimum Gasteiger partial charge on any atom is -0.472 e. The van der Waals surface area contributed by atoms with E-state index in [9.17, 15) is 9.59 Å². The quantitative estimate of drug-likeness (QED) is 0.855. The molecular weight excluding hydrogens is 300 g/mol. The molecule has 1 aliphatic heterocycles. The van der Waals surface area contributed by atoms with Crippen LogP contribution in [0.1, 0.15) is 30.5 Å². The van der Waals surface area contributed by atoms with Crippen molar-refractivity contribution in [3.8, 4) is 0 Å². The average Bonchev–Trinajstić information content (AvgIpc) is 3.15. The highest BCUT2D eigenvalue weighted by Crippen LogP contribution is 2.22. The van der Waals surface area contributed by atoms with Crippen LogP contribution in [0.5, 0.6) is 0 Å². The summed E-state index contributed by atoms with van der Waals surface area (Å²) in [4.78, 5) is 30.6. The van der Waals surface area contributed by atoms with Crippen LogP contribution in [-0.2, 0) is 0 Å². The van der Waals surface area contributed by atoms with E-state index in [0.717, 1.165) is 15.3 Å². The maximum absolute atomic E-state index is 12.6. The Labute approximate surface area is 133 Å². The molecule has 1 fully saturated rings. The lowest BCUT2D eigenvalue weighted by Gasteiger charge is -2.34. The van der Waals surface area contributed by atoms with Crippen LogP contribution in [0.3, 0.4) is 0 Å². The number of thiophene rings is 1. The molecule has 2 amide bonds. The number of carbonyl (C=O) groups is 2. The van der Waals surface area contributed by atoms with Gasteiger partial charge >= 0.3 is 0 Å². The first-order valence-corrected chi connectivity index (χ1v) is 8.05. The maximum atomic E-state index is 12.6. The summed E-state index contributed by atoms with van der Waals surface area (Å²) in [7, 11) is 0. The summed E-state index contributed by atoms with van der Waals surface area (Å²) in [5, 5.41) is 0. The van der Waals surface area contributed by atoms with Crippen molar-refractivity contribution in [1.29, 1.82) is 0 Å². The number of hydrogen-bond donors (Lipinski definition) is 0. The van der Waals surface area contributed by atoms with Crippen molar-refractivity contribution >= 4 is 23.2 Å². The molecule has 1 aliphatic rings. The fourth-order valence-corrected chi connectivity index (χ4v) is 3.61. The molecule has 0 spiro atoms. The van der Waals surface area contributed by atoms with Gasteiger partial charge in [-0.1, -0.05) is 0 Å². The van der Waals surface area contributed by atoms with Crippen molar-refractivity contribution in [3.63, 3.8) is 0 Å². The van der Waals surface area contributed by atoms with Gasteiger partial charge in [0.15, 0.2) is 0 Å². The molecule has 2 aromatic heterocycles. The Hall–Kier alpha value is -2.08. The molecule has 5 nitrogen and oxygen atoms in total. The minimum absolute atomic E-state index is 0.0385. The third-order valence-corrected chi connectivity index (χ3v) is 4.86. The molecule has 0 bridgehead atoms. The van der Waals surface area contributed by atoms with Gasteiger partial charge in [-0.15, -0.1) is 11.3 Å². The first-order chi connectivity index (χ1) is 10.6. The van der Waals surface area contributed by atoms with Crippen molar-refractivity contribution in [2.45, 2.75) is 13.8 Å². The number of furan rings is 1. The Morgan fingerprint density at radius 3 is 2.23 bits per heavy atom. The summed E-state index contributed by atoms with van der Waals surface area (Å²) < 4.78 is 4.95. The summed E-state index contributed by atoms with van der Waals surface area (Å²) in [6.07, 6.45) is 2.95. The van der Waals surface area contributed by atoms with Crippen LogP contribution < -0.4 is 0 Å². The van der Waals surface area contributed by atoms with Crippen LogP contribution >= 0.6 is 11.3 Å². The lowest BCUT2D eigenvalue weighted by atomic mass is 10.2. The van der Waals surface area contributed by atoms with Gasteiger partial charge in [0.05, 0.1) is 17.4 Å². The monoisotopic (exact) mass is 318 g/mol. The van der Waals surface area contributed by atoms with Crippen LogP contribution in [0.4, 0.5) is 0 Å². The van der Waals surface area contributed by atoms with Crippen molar-refractivity contribution in [1.82, 2.24) is 9.80 Å². The molecule has 0 radical (unpaired) electrons. The molecule has 6 heteroatoms. The molecule has 0 unspecified atom stereocenters. The Bertz CT molecular complexity index is 682. The smallest absolute Gasteiger partial charge is 0.257 e. The summed E-state index contributed by atoms with van der Waals surface area (Å²) in [6, 6.07) is 3.61. The van der Waals surface area contributed by atoms with Crippen LogP contribution in [0, 0.1) is 13.8 Å². The second-order valence-corrected chi connectivity index (χ2v) is 6.88. The van der Waals surface area contributed by atoms with E-state index in [2.05, 4.69) is 0 Å². The molecule has 1 saturated heterocycles. The molecule has 2 aromatic rings. The zero-order valence-corrected chi connectivity index (χ0v) is 13.5. The SMILES string of the molecule is Cc1cc(C(=O)N2CCN(C(=O)c3ccoc3)CC2)c(C)s1.